The number of amides is 1. The van der Waals surface area contributed by atoms with E-state index in [1.807, 2.05) is 24.3 Å². The maximum Gasteiger partial charge on any atom is 0.279 e. The molecular formula is C20H22N4O3S. The normalized spacial score (nSPS) is 16.0. The molecule has 0 saturated carbocycles. The van der Waals surface area contributed by atoms with Crippen LogP contribution in [0.3, 0.4) is 0 Å². The first-order valence-electron chi connectivity index (χ1n) is 9.33. The quantitative estimate of drug-likeness (QED) is 0.713. The molecule has 0 fully saturated rings. The van der Waals surface area contributed by atoms with Crippen molar-refractivity contribution in [3.05, 3.63) is 50.6 Å². The molecule has 0 unspecified atom stereocenters. The number of rotatable bonds is 5. The SMILES string of the molecule is COc1ccc(CNC(=O)Cn2nnc3sc4c(c3c2=O)CC[C@@H](C)C4)cc1. The van der Waals surface area contributed by atoms with Gasteiger partial charge in [0.25, 0.3) is 5.56 Å². The van der Waals surface area contributed by atoms with Crippen molar-refractivity contribution in [1.82, 2.24) is 20.3 Å². The summed E-state index contributed by atoms with van der Waals surface area (Å²) < 4.78 is 6.28. The van der Waals surface area contributed by atoms with Gasteiger partial charge in [0.2, 0.25) is 5.91 Å². The second-order valence-electron chi connectivity index (χ2n) is 7.21. The molecular weight excluding hydrogens is 376 g/mol. The first-order valence-corrected chi connectivity index (χ1v) is 10.1. The lowest BCUT2D eigenvalue weighted by atomic mass is 9.89. The number of carbonyl (C=O) groups excluding carboxylic acids is 1. The Morgan fingerprint density at radius 1 is 1.36 bits per heavy atom. The van der Waals surface area contributed by atoms with Crippen molar-refractivity contribution in [2.24, 2.45) is 5.92 Å². The smallest absolute Gasteiger partial charge is 0.279 e. The second-order valence-corrected chi connectivity index (χ2v) is 8.29. The Kier molecular flexibility index (Phi) is 5.13. The van der Waals surface area contributed by atoms with Gasteiger partial charge in [0, 0.05) is 11.4 Å². The fourth-order valence-corrected chi connectivity index (χ4v) is 4.85. The summed E-state index contributed by atoms with van der Waals surface area (Å²) >= 11 is 1.56. The van der Waals surface area contributed by atoms with Gasteiger partial charge in [-0.2, -0.15) is 0 Å². The van der Waals surface area contributed by atoms with Crippen LogP contribution in [0, 0.1) is 5.92 Å². The molecule has 8 heteroatoms. The lowest BCUT2D eigenvalue weighted by Crippen LogP contribution is -2.34. The number of nitrogens with zero attached hydrogens (tertiary/aromatic N) is 3. The number of aromatic nitrogens is 3. The summed E-state index contributed by atoms with van der Waals surface area (Å²) in [6, 6.07) is 7.45. The van der Waals surface area contributed by atoms with Crippen molar-refractivity contribution in [2.45, 2.75) is 39.3 Å². The van der Waals surface area contributed by atoms with E-state index in [-0.39, 0.29) is 18.0 Å². The largest absolute Gasteiger partial charge is 0.497 e. The molecule has 0 bridgehead atoms. The highest BCUT2D eigenvalue weighted by Crippen LogP contribution is 2.35. The minimum Gasteiger partial charge on any atom is -0.497 e. The van der Waals surface area contributed by atoms with Crippen molar-refractivity contribution in [3.8, 4) is 5.75 Å². The zero-order valence-corrected chi connectivity index (χ0v) is 16.7. The van der Waals surface area contributed by atoms with Gasteiger partial charge in [0.1, 0.15) is 12.3 Å². The number of nitrogens with one attached hydrogen (secondary N) is 1. The van der Waals surface area contributed by atoms with E-state index >= 15 is 0 Å². The number of aryl methyl sites for hydroxylation is 1. The minimum absolute atomic E-state index is 0.140. The highest BCUT2D eigenvalue weighted by atomic mass is 32.1. The van der Waals surface area contributed by atoms with Crippen LogP contribution in [0.25, 0.3) is 10.2 Å². The molecule has 3 aromatic rings. The van der Waals surface area contributed by atoms with Gasteiger partial charge in [-0.1, -0.05) is 24.3 Å². The van der Waals surface area contributed by atoms with Crippen LogP contribution in [0.15, 0.2) is 29.1 Å². The maximum atomic E-state index is 12.9. The van der Waals surface area contributed by atoms with Crippen molar-refractivity contribution in [1.29, 1.82) is 0 Å². The predicted molar refractivity (Wildman–Crippen MR) is 108 cm³/mol. The van der Waals surface area contributed by atoms with E-state index in [0.29, 0.717) is 22.7 Å². The molecule has 28 heavy (non-hydrogen) atoms. The molecule has 1 aromatic carbocycles. The van der Waals surface area contributed by atoms with Gasteiger partial charge >= 0.3 is 0 Å². The summed E-state index contributed by atoms with van der Waals surface area (Å²) in [5.41, 5.74) is 1.83. The van der Waals surface area contributed by atoms with Crippen LogP contribution < -0.4 is 15.6 Å². The highest BCUT2D eigenvalue weighted by molar-refractivity contribution is 7.18. The zero-order chi connectivity index (χ0) is 19.7. The summed E-state index contributed by atoms with van der Waals surface area (Å²) in [4.78, 5) is 27.1. The third-order valence-electron chi connectivity index (χ3n) is 5.13. The average molecular weight is 398 g/mol. The van der Waals surface area contributed by atoms with Crippen LogP contribution in [-0.4, -0.2) is 28.0 Å². The Labute approximate surface area is 166 Å². The molecule has 1 atom stereocenters. The van der Waals surface area contributed by atoms with Crippen LogP contribution >= 0.6 is 11.3 Å². The predicted octanol–water partition coefficient (Wildman–Crippen LogP) is 2.30. The number of hydrogen-bond donors (Lipinski definition) is 1. The standard InChI is InChI=1S/C20H22N4O3S/c1-12-3-8-15-16(9-12)28-19-18(15)20(26)24(23-22-19)11-17(25)21-10-13-4-6-14(27-2)7-5-13/h4-7,12H,3,8-11H2,1-2H3,(H,21,25)/t12-/m1/s1. The molecule has 4 rings (SSSR count). The Bertz CT molecular complexity index is 1070. The Hall–Kier alpha value is -2.74. The molecule has 2 heterocycles. The molecule has 1 amide bonds. The molecule has 1 N–H and O–H groups in total. The summed E-state index contributed by atoms with van der Waals surface area (Å²) in [6.45, 7) is 2.46. The van der Waals surface area contributed by atoms with Gasteiger partial charge < -0.3 is 10.1 Å². The monoisotopic (exact) mass is 398 g/mol. The van der Waals surface area contributed by atoms with Gasteiger partial charge in [0.15, 0.2) is 4.83 Å². The molecule has 0 radical (unpaired) electrons. The van der Waals surface area contributed by atoms with Gasteiger partial charge in [-0.05, 0) is 48.4 Å². The summed E-state index contributed by atoms with van der Waals surface area (Å²) in [6.07, 6.45) is 2.95. The number of ether oxygens (including phenoxy) is 1. The number of fused-ring (bicyclic) bond motifs is 3. The van der Waals surface area contributed by atoms with Gasteiger partial charge in [0.05, 0.1) is 12.5 Å². The number of methoxy groups -OCH3 is 1. The summed E-state index contributed by atoms with van der Waals surface area (Å²) in [7, 11) is 1.61. The third-order valence-corrected chi connectivity index (χ3v) is 6.27. The Balaban J connectivity index is 1.49. The van der Waals surface area contributed by atoms with Crippen molar-refractivity contribution in [2.75, 3.05) is 7.11 Å². The van der Waals surface area contributed by atoms with Crippen molar-refractivity contribution in [3.63, 3.8) is 0 Å². The highest BCUT2D eigenvalue weighted by Gasteiger charge is 2.24. The van der Waals surface area contributed by atoms with Crippen LogP contribution in [0.1, 0.15) is 29.3 Å². The topological polar surface area (TPSA) is 86.1 Å². The molecule has 0 saturated heterocycles. The lowest BCUT2D eigenvalue weighted by molar-refractivity contribution is -0.122. The fourth-order valence-electron chi connectivity index (χ4n) is 3.53. The van der Waals surface area contributed by atoms with Crippen molar-refractivity contribution >= 4 is 27.5 Å². The Morgan fingerprint density at radius 2 is 2.14 bits per heavy atom. The van der Waals surface area contributed by atoms with E-state index in [9.17, 15) is 9.59 Å². The first kappa shape index (κ1) is 18.6. The van der Waals surface area contributed by atoms with Crippen LogP contribution in [-0.2, 0) is 30.7 Å². The molecule has 2 aromatic heterocycles. The molecule has 7 nitrogen and oxygen atoms in total. The first-order chi connectivity index (χ1) is 13.5. The zero-order valence-electron chi connectivity index (χ0n) is 15.9. The molecule has 1 aliphatic carbocycles. The number of benzene rings is 1. The van der Waals surface area contributed by atoms with E-state index in [2.05, 4.69) is 22.6 Å². The average Bonchev–Trinajstić information content (AvgIpc) is 3.07. The van der Waals surface area contributed by atoms with Crippen LogP contribution in [0.4, 0.5) is 0 Å². The maximum absolute atomic E-state index is 12.9. The molecule has 146 valence electrons. The summed E-state index contributed by atoms with van der Waals surface area (Å²) in [5, 5.41) is 11.6. The van der Waals surface area contributed by atoms with Gasteiger partial charge in [-0.15, -0.1) is 16.4 Å². The van der Waals surface area contributed by atoms with Gasteiger partial charge in [-0.3, -0.25) is 9.59 Å². The van der Waals surface area contributed by atoms with E-state index < -0.39 is 0 Å². The molecule has 1 aliphatic rings. The van der Waals surface area contributed by atoms with Crippen LogP contribution in [0.2, 0.25) is 0 Å². The van der Waals surface area contributed by atoms with E-state index in [0.717, 1.165) is 40.8 Å². The van der Waals surface area contributed by atoms with Crippen molar-refractivity contribution < 1.29 is 9.53 Å². The Morgan fingerprint density at radius 3 is 2.89 bits per heavy atom. The van der Waals surface area contributed by atoms with E-state index in [1.165, 1.54) is 4.88 Å². The fraction of sp³-hybridized carbons (Fsp3) is 0.400. The second kappa shape index (κ2) is 7.71. The number of hydrogen-bond acceptors (Lipinski definition) is 6. The molecule has 0 spiro atoms. The summed E-state index contributed by atoms with van der Waals surface area (Å²) in [5.74, 6) is 1.11. The lowest BCUT2D eigenvalue weighted by Gasteiger charge is -2.17. The number of carbonyl (C=O) groups is 1. The minimum atomic E-state index is -0.274. The van der Waals surface area contributed by atoms with E-state index in [1.54, 1.807) is 18.4 Å². The van der Waals surface area contributed by atoms with E-state index in [4.69, 9.17) is 4.74 Å². The van der Waals surface area contributed by atoms with Crippen LogP contribution in [0.5, 0.6) is 5.75 Å². The third kappa shape index (κ3) is 3.64. The molecule has 0 aliphatic heterocycles. The number of thiophene rings is 1. The van der Waals surface area contributed by atoms with Gasteiger partial charge in [-0.25, -0.2) is 4.68 Å².